The van der Waals surface area contributed by atoms with Crippen LogP contribution in [0.4, 0.5) is 0 Å². The second-order valence-corrected chi connectivity index (χ2v) is 4.50. The number of allylic oxidation sites excluding steroid dienone is 2. The highest BCUT2D eigenvalue weighted by atomic mass is 16.4. The summed E-state index contributed by atoms with van der Waals surface area (Å²) >= 11 is 0. The molecule has 152 valence electrons. The average molecular weight is 369 g/mol. The molecular weight excluding hydrogens is 328 g/mol. The van der Waals surface area contributed by atoms with Crippen molar-refractivity contribution in [3.8, 4) is 0 Å². The minimum atomic E-state index is -0.799. The van der Waals surface area contributed by atoms with Crippen LogP contribution in [0.5, 0.6) is 0 Å². The van der Waals surface area contributed by atoms with Gasteiger partial charge < -0.3 is 15.7 Å². The Hall–Kier alpha value is -1.88. The molecule has 2 fully saturated rings. The molecule has 0 spiro atoms. The number of carboxylic acids is 1. The molecule has 0 aliphatic carbocycles. The Labute approximate surface area is 160 Å². The van der Waals surface area contributed by atoms with Gasteiger partial charge in [-0.05, 0) is 13.3 Å². The van der Waals surface area contributed by atoms with Crippen molar-refractivity contribution in [1.82, 2.24) is 10.6 Å². The second kappa shape index (κ2) is 17.9. The molecule has 0 aromatic rings. The number of carbonyl (C=O) groups excluding carboxylic acids is 1. The van der Waals surface area contributed by atoms with E-state index in [-0.39, 0.29) is 17.9 Å². The van der Waals surface area contributed by atoms with Crippen LogP contribution in [0.2, 0.25) is 0 Å². The van der Waals surface area contributed by atoms with Gasteiger partial charge in [-0.15, -0.1) is 0 Å². The minimum absolute atomic E-state index is 0.0835. The smallest absolute Gasteiger partial charge is 0.307 e. The zero-order chi connectivity index (χ0) is 21.3. The predicted molar refractivity (Wildman–Crippen MR) is 112 cm³/mol. The first-order chi connectivity index (χ1) is 12.5. The third-order valence-corrected chi connectivity index (χ3v) is 3.31. The number of carbonyl (C=O) groups is 2. The van der Waals surface area contributed by atoms with Crippen molar-refractivity contribution < 1.29 is 14.7 Å². The van der Waals surface area contributed by atoms with Crippen LogP contribution >= 0.6 is 0 Å². The summed E-state index contributed by atoms with van der Waals surface area (Å²) in [7, 11) is 0. The van der Waals surface area contributed by atoms with E-state index in [1.54, 1.807) is 12.2 Å². The first kappa shape index (κ1) is 28.9. The number of hydrogen-bond donors (Lipinski definition) is 3. The Morgan fingerprint density at radius 1 is 1.12 bits per heavy atom. The average Bonchev–Trinajstić information content (AvgIpc) is 3.28. The van der Waals surface area contributed by atoms with Crippen LogP contribution in [0.15, 0.2) is 35.6 Å². The largest absolute Gasteiger partial charge is 0.481 e. The summed E-state index contributed by atoms with van der Waals surface area (Å²) in [6, 6.07) is -0.0835. The van der Waals surface area contributed by atoms with Crippen LogP contribution in [0, 0.1) is 5.92 Å². The third kappa shape index (κ3) is 8.99. The Bertz CT molecular complexity index is 480. The first-order valence-electron chi connectivity index (χ1n) is 9.88. The molecule has 0 aromatic heterocycles. The van der Waals surface area contributed by atoms with Gasteiger partial charge in [-0.2, -0.15) is 0 Å². The van der Waals surface area contributed by atoms with Gasteiger partial charge >= 0.3 is 5.97 Å². The quantitative estimate of drug-likeness (QED) is 0.619. The summed E-state index contributed by atoms with van der Waals surface area (Å²) < 4.78 is 0. The molecule has 2 aliphatic heterocycles. The van der Waals surface area contributed by atoms with Crippen molar-refractivity contribution >= 4 is 11.9 Å². The van der Waals surface area contributed by atoms with E-state index in [1.807, 2.05) is 62.3 Å². The zero-order valence-electron chi connectivity index (χ0n) is 18.2. The molecule has 2 aliphatic rings. The zero-order valence-corrected chi connectivity index (χ0v) is 18.2. The van der Waals surface area contributed by atoms with Crippen LogP contribution in [0.25, 0.3) is 0 Å². The number of hydrogen-bond acceptors (Lipinski definition) is 3. The van der Waals surface area contributed by atoms with E-state index in [9.17, 15) is 9.59 Å². The van der Waals surface area contributed by atoms with Crippen LogP contribution in [0.1, 0.15) is 68.7 Å². The second-order valence-electron chi connectivity index (χ2n) is 4.50. The van der Waals surface area contributed by atoms with Crippen molar-refractivity contribution in [3.05, 3.63) is 35.6 Å². The van der Waals surface area contributed by atoms with Crippen molar-refractivity contribution in [2.45, 2.75) is 74.8 Å². The van der Waals surface area contributed by atoms with Gasteiger partial charge in [-0.1, -0.05) is 74.1 Å². The molecule has 3 N–H and O–H groups in total. The number of nitrogens with one attached hydrogen (secondary N) is 2. The fourth-order valence-electron chi connectivity index (χ4n) is 2.25. The molecule has 1 amide bonds. The van der Waals surface area contributed by atoms with Crippen LogP contribution in [-0.2, 0) is 9.59 Å². The number of amides is 1. The number of carboxylic acid groups (broad SMARTS) is 1. The van der Waals surface area contributed by atoms with Crippen molar-refractivity contribution in [2.24, 2.45) is 5.92 Å². The number of rotatable bonds is 2. The summed E-state index contributed by atoms with van der Waals surface area (Å²) in [5, 5.41) is 14.7. The SMILES string of the molecule is C=C1/C(=C/C2CC(C(=O)O)CN2)C(=O)N/C1=C/C.CC.CC.CC.CC. The van der Waals surface area contributed by atoms with Gasteiger partial charge in [0.05, 0.1) is 5.92 Å². The maximum Gasteiger partial charge on any atom is 0.307 e. The standard InChI is InChI=1S/C13H16N2O3.4C2H6/c1-3-11-7(2)10(12(16)15-11)5-9-4-8(6-14-9)13(17)18;4*1-2/h3,5,8-9,14H,2,4,6H2,1H3,(H,15,16)(H,17,18);4*1-2H3/b10-5-,11-3+;;;;. The molecule has 0 saturated carbocycles. The van der Waals surface area contributed by atoms with Crippen LogP contribution in [-0.4, -0.2) is 29.6 Å². The highest BCUT2D eigenvalue weighted by Crippen LogP contribution is 2.25. The Morgan fingerprint density at radius 2 is 1.62 bits per heavy atom. The van der Waals surface area contributed by atoms with Crippen molar-refractivity contribution in [3.63, 3.8) is 0 Å². The number of aliphatic carboxylic acids is 1. The molecule has 2 atom stereocenters. The highest BCUT2D eigenvalue weighted by Gasteiger charge is 2.31. The van der Waals surface area contributed by atoms with E-state index in [1.165, 1.54) is 0 Å². The molecule has 2 unspecified atom stereocenters. The monoisotopic (exact) mass is 368 g/mol. The van der Waals surface area contributed by atoms with Gasteiger partial charge in [0.25, 0.3) is 5.91 Å². The molecule has 2 heterocycles. The van der Waals surface area contributed by atoms with Crippen LogP contribution < -0.4 is 10.6 Å². The topological polar surface area (TPSA) is 78.4 Å². The lowest BCUT2D eigenvalue weighted by Crippen LogP contribution is -2.21. The Kier molecular flexibility index (Phi) is 19.9. The molecule has 5 heteroatoms. The fourth-order valence-corrected chi connectivity index (χ4v) is 2.25. The van der Waals surface area contributed by atoms with Gasteiger partial charge in [0.1, 0.15) is 0 Å². The lowest BCUT2D eigenvalue weighted by Gasteiger charge is -2.05. The maximum atomic E-state index is 11.7. The van der Waals surface area contributed by atoms with Gasteiger partial charge in [-0.25, -0.2) is 0 Å². The molecule has 0 bridgehead atoms. The molecular formula is C21H40N2O3. The molecule has 2 rings (SSSR count). The maximum absolute atomic E-state index is 11.7. The van der Waals surface area contributed by atoms with E-state index >= 15 is 0 Å². The predicted octanol–water partition coefficient (Wildman–Crippen LogP) is 4.67. The molecule has 0 aromatic carbocycles. The summed E-state index contributed by atoms with van der Waals surface area (Å²) in [5.41, 5.74) is 1.92. The molecule has 26 heavy (non-hydrogen) atoms. The van der Waals surface area contributed by atoms with E-state index in [0.717, 1.165) is 5.70 Å². The first-order valence-corrected chi connectivity index (χ1v) is 9.88. The normalized spacial score (nSPS) is 23.3. The van der Waals surface area contributed by atoms with Gasteiger partial charge in [0.15, 0.2) is 0 Å². The Morgan fingerprint density at radius 3 is 1.96 bits per heavy atom. The summed E-state index contributed by atoms with van der Waals surface area (Å²) in [6.45, 7) is 22.1. The van der Waals surface area contributed by atoms with Gasteiger partial charge in [0, 0.05) is 29.4 Å². The summed E-state index contributed by atoms with van der Waals surface area (Å²) in [6.07, 6.45) is 4.07. The molecule has 5 nitrogen and oxygen atoms in total. The van der Waals surface area contributed by atoms with E-state index in [4.69, 9.17) is 5.11 Å². The fraction of sp³-hybridized carbons (Fsp3) is 0.619. The summed E-state index contributed by atoms with van der Waals surface area (Å²) in [4.78, 5) is 22.6. The minimum Gasteiger partial charge on any atom is -0.481 e. The van der Waals surface area contributed by atoms with E-state index in [2.05, 4.69) is 17.2 Å². The van der Waals surface area contributed by atoms with Gasteiger partial charge in [0.2, 0.25) is 0 Å². The van der Waals surface area contributed by atoms with Crippen molar-refractivity contribution in [2.75, 3.05) is 6.54 Å². The summed E-state index contributed by atoms with van der Waals surface area (Å²) in [5.74, 6) is -1.35. The molecule has 0 radical (unpaired) electrons. The lowest BCUT2D eigenvalue weighted by molar-refractivity contribution is -0.141. The molecule has 2 saturated heterocycles. The van der Waals surface area contributed by atoms with Crippen molar-refractivity contribution in [1.29, 1.82) is 0 Å². The lowest BCUT2D eigenvalue weighted by atomic mass is 10.0. The van der Waals surface area contributed by atoms with E-state index in [0.29, 0.717) is 24.1 Å². The Balaban J connectivity index is -0.000000585. The van der Waals surface area contributed by atoms with Gasteiger partial charge in [-0.3, -0.25) is 9.59 Å². The highest BCUT2D eigenvalue weighted by molar-refractivity contribution is 6.04. The van der Waals surface area contributed by atoms with E-state index < -0.39 is 5.97 Å². The van der Waals surface area contributed by atoms with Crippen LogP contribution in [0.3, 0.4) is 0 Å². The third-order valence-electron chi connectivity index (χ3n) is 3.31.